The molecule has 1 unspecified atom stereocenters. The zero-order valence-corrected chi connectivity index (χ0v) is 19.4. The summed E-state index contributed by atoms with van der Waals surface area (Å²) in [6.07, 6.45) is -0.0652. The van der Waals surface area contributed by atoms with E-state index in [1.807, 2.05) is 64.1 Å². The van der Waals surface area contributed by atoms with E-state index in [0.29, 0.717) is 30.5 Å². The van der Waals surface area contributed by atoms with Gasteiger partial charge in [-0.3, -0.25) is 14.4 Å². The number of nitrogens with zero attached hydrogens (tertiary/aromatic N) is 1. The molecule has 1 N–H and O–H groups in total. The van der Waals surface area contributed by atoms with E-state index >= 15 is 0 Å². The molecule has 0 aliphatic carbocycles. The number of hydrogen-bond donors (Lipinski definition) is 1. The number of benzene rings is 2. The van der Waals surface area contributed by atoms with Crippen LogP contribution in [-0.4, -0.2) is 42.4 Å². The molecule has 6 heteroatoms. The zero-order valence-electron chi connectivity index (χ0n) is 19.4. The third-order valence-corrected chi connectivity index (χ3v) is 4.79. The molecule has 1 atom stereocenters. The molecule has 0 bridgehead atoms. The van der Waals surface area contributed by atoms with Gasteiger partial charge in [-0.2, -0.15) is 0 Å². The van der Waals surface area contributed by atoms with Gasteiger partial charge in [-0.25, -0.2) is 0 Å². The smallest absolute Gasteiger partial charge is 0.308 e. The molecule has 172 valence electrons. The van der Waals surface area contributed by atoms with Gasteiger partial charge in [0.25, 0.3) is 11.8 Å². The molecular weight excluding hydrogens is 404 g/mol. The average Bonchev–Trinajstić information content (AvgIpc) is 2.77. The normalized spacial score (nSPS) is 11.8. The highest BCUT2D eigenvalue weighted by molar-refractivity contribution is 5.94. The van der Waals surface area contributed by atoms with E-state index in [2.05, 4.69) is 5.32 Å². The Bertz CT molecular complexity index is 856. The lowest BCUT2D eigenvalue weighted by molar-refractivity contribution is -0.152. The summed E-state index contributed by atoms with van der Waals surface area (Å²) in [7, 11) is 0. The number of rotatable bonds is 11. The van der Waals surface area contributed by atoms with Crippen LogP contribution in [0.25, 0.3) is 0 Å². The Labute approximate surface area is 191 Å². The average molecular weight is 439 g/mol. The predicted molar refractivity (Wildman–Crippen MR) is 125 cm³/mol. The molecule has 6 nitrogen and oxygen atoms in total. The van der Waals surface area contributed by atoms with Crippen molar-refractivity contribution < 1.29 is 19.1 Å². The first-order chi connectivity index (χ1) is 15.3. The molecule has 0 saturated heterocycles. The second kappa shape index (κ2) is 12.6. The van der Waals surface area contributed by atoms with Gasteiger partial charge in [0.05, 0.1) is 12.5 Å². The van der Waals surface area contributed by atoms with Gasteiger partial charge in [0.1, 0.15) is 0 Å². The zero-order chi connectivity index (χ0) is 23.5. The van der Waals surface area contributed by atoms with Crippen molar-refractivity contribution in [3.8, 4) is 0 Å². The van der Waals surface area contributed by atoms with Crippen LogP contribution in [-0.2, 0) is 14.3 Å². The fourth-order valence-electron chi connectivity index (χ4n) is 3.39. The van der Waals surface area contributed by atoms with Gasteiger partial charge in [0, 0.05) is 18.7 Å². The van der Waals surface area contributed by atoms with E-state index in [9.17, 15) is 14.4 Å². The van der Waals surface area contributed by atoms with E-state index in [4.69, 9.17) is 4.74 Å². The Morgan fingerprint density at radius 1 is 0.844 bits per heavy atom. The Morgan fingerprint density at radius 3 is 1.91 bits per heavy atom. The first-order valence-electron chi connectivity index (χ1n) is 11.1. The van der Waals surface area contributed by atoms with Gasteiger partial charge < -0.3 is 15.0 Å². The second-order valence-electron chi connectivity index (χ2n) is 8.75. The van der Waals surface area contributed by atoms with Crippen molar-refractivity contribution in [2.75, 3.05) is 19.7 Å². The van der Waals surface area contributed by atoms with Crippen LogP contribution in [0.3, 0.4) is 0 Å². The SMILES string of the molecule is CC(C)CN(CC(C)C)C(=O)COC(=O)CC(NC(=O)c1ccccc1)c1ccccc1. The maximum atomic E-state index is 12.6. The summed E-state index contributed by atoms with van der Waals surface area (Å²) in [5, 5.41) is 2.91. The van der Waals surface area contributed by atoms with Gasteiger partial charge in [-0.15, -0.1) is 0 Å². The van der Waals surface area contributed by atoms with Crippen LogP contribution >= 0.6 is 0 Å². The summed E-state index contributed by atoms with van der Waals surface area (Å²) < 4.78 is 5.31. The molecule has 2 aromatic rings. The van der Waals surface area contributed by atoms with Crippen molar-refractivity contribution in [3.63, 3.8) is 0 Å². The Morgan fingerprint density at radius 2 is 1.38 bits per heavy atom. The summed E-state index contributed by atoms with van der Waals surface area (Å²) in [6.45, 7) is 9.13. The lowest BCUT2D eigenvalue weighted by atomic mass is 10.0. The molecule has 2 amide bonds. The van der Waals surface area contributed by atoms with Crippen molar-refractivity contribution in [1.82, 2.24) is 10.2 Å². The number of ether oxygens (including phenoxy) is 1. The molecule has 0 spiro atoms. The minimum atomic E-state index is -0.561. The minimum absolute atomic E-state index is 0.0652. The Balaban J connectivity index is 2.01. The summed E-state index contributed by atoms with van der Waals surface area (Å²) in [4.78, 5) is 39.6. The largest absolute Gasteiger partial charge is 0.455 e. The van der Waals surface area contributed by atoms with Gasteiger partial charge in [-0.1, -0.05) is 76.2 Å². The van der Waals surface area contributed by atoms with Crippen molar-refractivity contribution in [1.29, 1.82) is 0 Å². The summed E-state index contributed by atoms with van der Waals surface area (Å²) in [5.74, 6) is -0.364. The number of esters is 1. The van der Waals surface area contributed by atoms with Crippen LogP contribution in [0, 0.1) is 11.8 Å². The van der Waals surface area contributed by atoms with E-state index < -0.39 is 12.0 Å². The van der Waals surface area contributed by atoms with Gasteiger partial charge in [-0.05, 0) is 29.5 Å². The van der Waals surface area contributed by atoms with E-state index in [1.165, 1.54) is 0 Å². The van der Waals surface area contributed by atoms with E-state index in [-0.39, 0.29) is 24.8 Å². The fraction of sp³-hybridized carbons (Fsp3) is 0.423. The maximum Gasteiger partial charge on any atom is 0.308 e. The number of hydrogen-bond acceptors (Lipinski definition) is 4. The topological polar surface area (TPSA) is 75.7 Å². The van der Waals surface area contributed by atoms with Crippen molar-refractivity contribution in [2.45, 2.75) is 40.2 Å². The first kappa shape index (κ1) is 25.1. The molecule has 2 aromatic carbocycles. The highest BCUT2D eigenvalue weighted by Crippen LogP contribution is 2.18. The minimum Gasteiger partial charge on any atom is -0.455 e. The van der Waals surface area contributed by atoms with Gasteiger partial charge in [0.15, 0.2) is 6.61 Å². The predicted octanol–water partition coefficient (Wildman–Crippen LogP) is 4.23. The first-order valence-corrected chi connectivity index (χ1v) is 11.1. The molecular formula is C26H34N2O4. The summed E-state index contributed by atoms with van der Waals surface area (Å²) in [5.41, 5.74) is 1.30. The molecule has 0 fully saturated rings. The molecule has 0 aliphatic heterocycles. The van der Waals surface area contributed by atoms with Crippen LogP contribution in [0.5, 0.6) is 0 Å². The monoisotopic (exact) mass is 438 g/mol. The van der Waals surface area contributed by atoms with Crippen LogP contribution in [0.15, 0.2) is 60.7 Å². The van der Waals surface area contributed by atoms with Crippen molar-refractivity contribution in [3.05, 3.63) is 71.8 Å². The molecule has 2 rings (SSSR count). The van der Waals surface area contributed by atoms with Gasteiger partial charge >= 0.3 is 5.97 Å². The standard InChI is InChI=1S/C26H34N2O4/c1-19(2)16-28(17-20(3)4)24(29)18-32-25(30)15-23(21-11-7-5-8-12-21)27-26(31)22-13-9-6-10-14-22/h5-14,19-20,23H,15-18H2,1-4H3,(H,27,31). The van der Waals surface area contributed by atoms with Crippen LogP contribution in [0.1, 0.15) is 56.1 Å². The lowest BCUT2D eigenvalue weighted by Crippen LogP contribution is -2.39. The third kappa shape index (κ3) is 8.53. The Kier molecular flexibility index (Phi) is 9.92. The van der Waals surface area contributed by atoms with Gasteiger partial charge in [0.2, 0.25) is 0 Å². The molecule has 0 radical (unpaired) electrons. The summed E-state index contributed by atoms with van der Waals surface area (Å²) in [6, 6.07) is 17.5. The van der Waals surface area contributed by atoms with E-state index in [0.717, 1.165) is 5.56 Å². The fourth-order valence-corrected chi connectivity index (χ4v) is 3.39. The third-order valence-electron chi connectivity index (χ3n) is 4.79. The van der Waals surface area contributed by atoms with Crippen molar-refractivity contribution in [2.24, 2.45) is 11.8 Å². The number of nitrogens with one attached hydrogen (secondary N) is 1. The number of amides is 2. The van der Waals surface area contributed by atoms with E-state index in [1.54, 1.807) is 29.2 Å². The number of carbonyl (C=O) groups is 3. The molecule has 32 heavy (non-hydrogen) atoms. The lowest BCUT2D eigenvalue weighted by Gasteiger charge is -2.26. The van der Waals surface area contributed by atoms with Crippen LogP contribution < -0.4 is 5.32 Å². The van der Waals surface area contributed by atoms with Crippen LogP contribution in [0.2, 0.25) is 0 Å². The highest BCUT2D eigenvalue weighted by Gasteiger charge is 2.22. The quantitative estimate of drug-likeness (QED) is 0.533. The van der Waals surface area contributed by atoms with Crippen molar-refractivity contribution >= 4 is 17.8 Å². The van der Waals surface area contributed by atoms with Crippen LogP contribution in [0.4, 0.5) is 0 Å². The Hall–Kier alpha value is -3.15. The summed E-state index contributed by atoms with van der Waals surface area (Å²) >= 11 is 0. The molecule has 0 heterocycles. The molecule has 0 aliphatic rings. The number of carbonyl (C=O) groups excluding carboxylic acids is 3. The second-order valence-corrected chi connectivity index (χ2v) is 8.75. The molecule has 0 aromatic heterocycles. The maximum absolute atomic E-state index is 12.6. The highest BCUT2D eigenvalue weighted by atomic mass is 16.5. The molecule has 0 saturated carbocycles.